The van der Waals surface area contributed by atoms with Crippen LogP contribution < -0.4 is 10.9 Å². The first-order valence-electron chi connectivity index (χ1n) is 8.25. The molecule has 0 aliphatic heterocycles. The number of ether oxygens (including phenoxy) is 1. The van der Waals surface area contributed by atoms with Gasteiger partial charge >= 0.3 is 0 Å². The predicted octanol–water partition coefficient (Wildman–Crippen LogP) is 2.24. The molecule has 1 atom stereocenters. The number of carbonyl (C=O) groups is 1. The van der Waals surface area contributed by atoms with Gasteiger partial charge in [0.2, 0.25) is 0 Å². The van der Waals surface area contributed by atoms with Gasteiger partial charge in [-0.15, -0.1) is 0 Å². The summed E-state index contributed by atoms with van der Waals surface area (Å²) in [5.74, 6) is 0.302. The second kappa shape index (κ2) is 6.65. The van der Waals surface area contributed by atoms with Crippen molar-refractivity contribution in [1.29, 1.82) is 0 Å². The second-order valence-electron chi connectivity index (χ2n) is 6.34. The van der Waals surface area contributed by atoms with E-state index in [-0.39, 0.29) is 11.5 Å². The molecule has 0 bridgehead atoms. The number of para-hydroxylation sites is 1. The smallest absolute Gasteiger partial charge is 0.295 e. The topological polar surface area (TPSA) is 65.3 Å². The highest BCUT2D eigenvalue weighted by Gasteiger charge is 2.25. The van der Waals surface area contributed by atoms with Gasteiger partial charge in [-0.1, -0.05) is 18.2 Å². The molecule has 6 nitrogen and oxygen atoms in total. The molecule has 0 saturated heterocycles. The lowest BCUT2D eigenvalue weighted by atomic mass is 10.3. The SMILES string of the molecule is Cc1c(NC(=O)[C@@H](C)OCC2CC2)c(=O)n(-c2ccccc2)n1C. The van der Waals surface area contributed by atoms with Crippen LogP contribution in [0.15, 0.2) is 35.1 Å². The molecule has 128 valence electrons. The fourth-order valence-corrected chi connectivity index (χ4v) is 2.58. The van der Waals surface area contributed by atoms with Crippen LogP contribution in [-0.2, 0) is 16.6 Å². The number of amides is 1. The van der Waals surface area contributed by atoms with Crippen LogP contribution in [-0.4, -0.2) is 28.0 Å². The van der Waals surface area contributed by atoms with Crippen LogP contribution >= 0.6 is 0 Å². The second-order valence-corrected chi connectivity index (χ2v) is 6.34. The van der Waals surface area contributed by atoms with Crippen molar-refractivity contribution in [2.75, 3.05) is 11.9 Å². The summed E-state index contributed by atoms with van der Waals surface area (Å²) in [6.45, 7) is 4.13. The van der Waals surface area contributed by atoms with Crippen LogP contribution in [0.2, 0.25) is 0 Å². The van der Waals surface area contributed by atoms with E-state index < -0.39 is 6.10 Å². The third-order valence-corrected chi connectivity index (χ3v) is 4.45. The highest BCUT2D eigenvalue weighted by atomic mass is 16.5. The number of nitrogens with zero attached hydrogens (tertiary/aromatic N) is 2. The van der Waals surface area contributed by atoms with Crippen molar-refractivity contribution in [1.82, 2.24) is 9.36 Å². The molecule has 2 aromatic rings. The maximum absolute atomic E-state index is 12.7. The molecule has 0 spiro atoms. The van der Waals surface area contributed by atoms with Crippen molar-refractivity contribution in [3.8, 4) is 5.69 Å². The average Bonchev–Trinajstić information content (AvgIpc) is 3.38. The Kier molecular flexibility index (Phi) is 4.57. The summed E-state index contributed by atoms with van der Waals surface area (Å²) in [4.78, 5) is 25.0. The third kappa shape index (κ3) is 3.28. The number of nitrogens with one attached hydrogen (secondary N) is 1. The Morgan fingerprint density at radius 3 is 2.62 bits per heavy atom. The Labute approximate surface area is 141 Å². The summed E-state index contributed by atoms with van der Waals surface area (Å²) in [7, 11) is 1.80. The molecule has 24 heavy (non-hydrogen) atoms. The fraction of sp³-hybridized carbons (Fsp3) is 0.444. The quantitative estimate of drug-likeness (QED) is 0.884. The Bertz CT molecular complexity index is 788. The van der Waals surface area contributed by atoms with Gasteiger partial charge in [0.15, 0.2) is 0 Å². The molecular weight excluding hydrogens is 306 g/mol. The maximum atomic E-state index is 12.7. The molecular formula is C18H23N3O3. The molecule has 1 aromatic carbocycles. The van der Waals surface area contributed by atoms with Crippen LogP contribution in [0.5, 0.6) is 0 Å². The van der Waals surface area contributed by atoms with E-state index in [1.807, 2.05) is 37.3 Å². The van der Waals surface area contributed by atoms with Crippen LogP contribution in [0, 0.1) is 12.8 Å². The number of hydrogen-bond acceptors (Lipinski definition) is 3. The van der Waals surface area contributed by atoms with Gasteiger partial charge in [-0.2, -0.15) is 0 Å². The lowest BCUT2D eigenvalue weighted by Crippen LogP contribution is -2.31. The van der Waals surface area contributed by atoms with Crippen LogP contribution in [0.1, 0.15) is 25.5 Å². The molecule has 1 amide bonds. The molecule has 1 saturated carbocycles. The molecule has 1 aromatic heterocycles. The van der Waals surface area contributed by atoms with E-state index in [1.165, 1.54) is 12.8 Å². The van der Waals surface area contributed by atoms with Crippen LogP contribution in [0.3, 0.4) is 0 Å². The summed E-state index contributed by atoms with van der Waals surface area (Å²) in [6, 6.07) is 9.35. The van der Waals surface area contributed by atoms with Crippen molar-refractivity contribution in [2.45, 2.75) is 32.8 Å². The molecule has 6 heteroatoms. The van der Waals surface area contributed by atoms with Crippen molar-refractivity contribution in [2.24, 2.45) is 13.0 Å². The number of benzene rings is 1. The summed E-state index contributed by atoms with van der Waals surface area (Å²) in [5.41, 5.74) is 1.51. The number of aromatic nitrogens is 2. The minimum Gasteiger partial charge on any atom is -0.368 e. The van der Waals surface area contributed by atoms with E-state index in [9.17, 15) is 9.59 Å². The first-order valence-corrected chi connectivity index (χ1v) is 8.25. The Morgan fingerprint density at radius 1 is 1.33 bits per heavy atom. The standard InChI is InChI=1S/C18H23N3O3/c1-12-16(19-17(22)13(2)24-11-14-9-10-14)18(23)21(20(12)3)15-7-5-4-6-8-15/h4-8,13-14H,9-11H2,1-3H3,(H,19,22)/t13-/m1/s1. The number of rotatable bonds is 6. The number of anilines is 1. The molecule has 1 fully saturated rings. The molecule has 1 N–H and O–H groups in total. The zero-order chi connectivity index (χ0) is 17.3. The Morgan fingerprint density at radius 2 is 2.00 bits per heavy atom. The van der Waals surface area contributed by atoms with E-state index >= 15 is 0 Å². The van der Waals surface area contributed by atoms with Gasteiger partial charge in [-0.3, -0.25) is 14.3 Å². The summed E-state index contributed by atoms with van der Waals surface area (Å²) >= 11 is 0. The van der Waals surface area contributed by atoms with Gasteiger partial charge in [-0.25, -0.2) is 4.68 Å². The van der Waals surface area contributed by atoms with E-state index in [2.05, 4.69) is 5.32 Å². The van der Waals surface area contributed by atoms with E-state index in [0.717, 1.165) is 5.69 Å². The average molecular weight is 329 g/mol. The zero-order valence-corrected chi connectivity index (χ0v) is 14.3. The normalized spacial score (nSPS) is 15.3. The predicted molar refractivity (Wildman–Crippen MR) is 92.5 cm³/mol. The van der Waals surface area contributed by atoms with Crippen LogP contribution in [0.25, 0.3) is 5.69 Å². The molecule has 3 rings (SSSR count). The zero-order valence-electron chi connectivity index (χ0n) is 14.3. The van der Waals surface area contributed by atoms with E-state index in [0.29, 0.717) is 23.9 Å². The lowest BCUT2D eigenvalue weighted by molar-refractivity contribution is -0.126. The highest BCUT2D eigenvalue weighted by molar-refractivity contribution is 5.94. The van der Waals surface area contributed by atoms with Crippen molar-refractivity contribution in [3.05, 3.63) is 46.4 Å². The van der Waals surface area contributed by atoms with Gasteiger partial charge in [0.1, 0.15) is 11.8 Å². The van der Waals surface area contributed by atoms with Crippen molar-refractivity contribution < 1.29 is 9.53 Å². The van der Waals surface area contributed by atoms with Gasteiger partial charge < -0.3 is 10.1 Å². The fourth-order valence-electron chi connectivity index (χ4n) is 2.58. The summed E-state index contributed by atoms with van der Waals surface area (Å²) in [5, 5.41) is 2.74. The molecule has 1 aliphatic carbocycles. The molecule has 0 radical (unpaired) electrons. The number of carbonyl (C=O) groups excluding carboxylic acids is 1. The Balaban J connectivity index is 1.81. The van der Waals surface area contributed by atoms with Gasteiger partial charge in [0, 0.05) is 7.05 Å². The lowest BCUT2D eigenvalue weighted by Gasteiger charge is -2.12. The summed E-state index contributed by atoms with van der Waals surface area (Å²) in [6.07, 6.45) is 1.77. The van der Waals surface area contributed by atoms with E-state index in [1.54, 1.807) is 23.3 Å². The van der Waals surface area contributed by atoms with Gasteiger partial charge in [-0.05, 0) is 44.7 Å². The van der Waals surface area contributed by atoms with Crippen molar-refractivity contribution >= 4 is 11.6 Å². The number of hydrogen-bond donors (Lipinski definition) is 1. The monoisotopic (exact) mass is 329 g/mol. The van der Waals surface area contributed by atoms with Crippen molar-refractivity contribution in [3.63, 3.8) is 0 Å². The molecule has 1 aliphatic rings. The van der Waals surface area contributed by atoms with Gasteiger partial charge in [0.05, 0.1) is 18.0 Å². The first-order chi connectivity index (χ1) is 11.5. The Hall–Kier alpha value is -2.34. The highest BCUT2D eigenvalue weighted by Crippen LogP contribution is 2.29. The third-order valence-electron chi connectivity index (χ3n) is 4.45. The minimum atomic E-state index is -0.574. The largest absolute Gasteiger partial charge is 0.368 e. The van der Waals surface area contributed by atoms with E-state index in [4.69, 9.17) is 4.74 Å². The first kappa shape index (κ1) is 16.5. The van der Waals surface area contributed by atoms with Gasteiger partial charge in [0.25, 0.3) is 11.5 Å². The molecule has 1 heterocycles. The molecule has 0 unspecified atom stereocenters. The van der Waals surface area contributed by atoms with Crippen LogP contribution in [0.4, 0.5) is 5.69 Å². The summed E-state index contributed by atoms with van der Waals surface area (Å²) < 4.78 is 8.86. The minimum absolute atomic E-state index is 0.246. The maximum Gasteiger partial charge on any atom is 0.295 e.